The Labute approximate surface area is 125 Å². The highest BCUT2D eigenvalue weighted by molar-refractivity contribution is 7.16. The van der Waals surface area contributed by atoms with Gasteiger partial charge in [-0.25, -0.2) is 0 Å². The Kier molecular flexibility index (Phi) is 3.52. The van der Waals surface area contributed by atoms with Crippen molar-refractivity contribution in [1.82, 2.24) is 19.8 Å². The minimum Gasteiger partial charge on any atom is -0.330 e. The number of benzene rings is 1. The van der Waals surface area contributed by atoms with Gasteiger partial charge in [-0.2, -0.15) is 9.61 Å². The van der Waals surface area contributed by atoms with Crippen LogP contribution in [0.5, 0.6) is 0 Å². The summed E-state index contributed by atoms with van der Waals surface area (Å²) in [5.74, 6) is 0. The molecule has 21 heavy (non-hydrogen) atoms. The maximum atomic E-state index is 12.5. The molecular weight excluding hydrogens is 286 g/mol. The summed E-state index contributed by atoms with van der Waals surface area (Å²) in [7, 11) is 0. The lowest BCUT2D eigenvalue weighted by molar-refractivity contribution is 0.818. The normalized spacial score (nSPS) is 11.2. The van der Waals surface area contributed by atoms with Gasteiger partial charge in [0.05, 0.1) is 0 Å². The highest BCUT2D eigenvalue weighted by Gasteiger charge is 2.13. The van der Waals surface area contributed by atoms with Gasteiger partial charge in [-0.3, -0.25) is 4.79 Å². The van der Waals surface area contributed by atoms with Gasteiger partial charge in [0.2, 0.25) is 4.96 Å². The van der Waals surface area contributed by atoms with E-state index >= 15 is 0 Å². The lowest BCUT2D eigenvalue weighted by atomic mass is 10.0. The smallest absolute Gasteiger partial charge is 0.302 e. The van der Waals surface area contributed by atoms with E-state index in [9.17, 15) is 4.79 Å². The van der Waals surface area contributed by atoms with Crippen LogP contribution in [-0.4, -0.2) is 26.4 Å². The van der Waals surface area contributed by atoms with Gasteiger partial charge in [0.1, 0.15) is 5.01 Å². The fraction of sp³-hybridized carbons (Fsp3) is 0.286. The van der Waals surface area contributed by atoms with Crippen molar-refractivity contribution in [2.45, 2.75) is 20.3 Å². The van der Waals surface area contributed by atoms with Crippen LogP contribution in [0.15, 0.2) is 23.0 Å². The molecule has 3 aromatic rings. The van der Waals surface area contributed by atoms with Gasteiger partial charge in [-0.05, 0) is 37.6 Å². The summed E-state index contributed by atoms with van der Waals surface area (Å²) in [6.45, 7) is 4.52. The maximum absolute atomic E-state index is 12.5. The van der Waals surface area contributed by atoms with Crippen LogP contribution in [0.25, 0.3) is 16.2 Å². The molecule has 108 valence electrons. The molecule has 2 N–H and O–H groups in total. The molecule has 0 saturated carbocycles. The zero-order valence-electron chi connectivity index (χ0n) is 11.8. The number of hydrogen-bond donors (Lipinski definition) is 1. The summed E-state index contributed by atoms with van der Waals surface area (Å²) in [6.07, 6.45) is 0.631. The van der Waals surface area contributed by atoms with Crippen LogP contribution in [0.1, 0.15) is 16.1 Å². The van der Waals surface area contributed by atoms with Crippen molar-refractivity contribution in [2.24, 2.45) is 5.73 Å². The monoisotopic (exact) mass is 301 g/mol. The van der Waals surface area contributed by atoms with Crippen LogP contribution in [0.4, 0.5) is 0 Å². The van der Waals surface area contributed by atoms with Crippen molar-refractivity contribution < 1.29 is 0 Å². The summed E-state index contributed by atoms with van der Waals surface area (Å²) in [4.78, 5) is 13.0. The maximum Gasteiger partial charge on any atom is 0.302 e. The Morgan fingerprint density at radius 2 is 2.05 bits per heavy atom. The second-order valence-corrected chi connectivity index (χ2v) is 5.92. The van der Waals surface area contributed by atoms with Crippen molar-refractivity contribution in [1.29, 1.82) is 0 Å². The second-order valence-electron chi connectivity index (χ2n) is 4.88. The number of fused-ring (bicyclic) bond motifs is 1. The first-order chi connectivity index (χ1) is 10.1. The largest absolute Gasteiger partial charge is 0.330 e. The van der Waals surface area contributed by atoms with E-state index in [1.54, 1.807) is 0 Å². The van der Waals surface area contributed by atoms with E-state index < -0.39 is 0 Å². The zero-order chi connectivity index (χ0) is 15.0. The van der Waals surface area contributed by atoms with E-state index in [1.165, 1.54) is 21.4 Å². The number of rotatable bonds is 3. The molecule has 0 fully saturated rings. The van der Waals surface area contributed by atoms with Crippen molar-refractivity contribution in [3.05, 3.63) is 44.7 Å². The molecule has 0 atom stereocenters. The Morgan fingerprint density at radius 3 is 2.76 bits per heavy atom. The van der Waals surface area contributed by atoms with Crippen LogP contribution in [0.2, 0.25) is 0 Å². The Bertz CT molecular complexity index is 867. The van der Waals surface area contributed by atoms with Crippen LogP contribution < -0.4 is 11.3 Å². The third kappa shape index (κ3) is 2.45. The van der Waals surface area contributed by atoms with Crippen LogP contribution in [-0.2, 0) is 6.42 Å². The minimum absolute atomic E-state index is 0.247. The van der Waals surface area contributed by atoms with Crippen molar-refractivity contribution in [3.8, 4) is 11.3 Å². The van der Waals surface area contributed by atoms with E-state index in [2.05, 4.69) is 15.3 Å². The van der Waals surface area contributed by atoms with Gasteiger partial charge >= 0.3 is 5.56 Å². The molecule has 0 unspecified atom stereocenters. The van der Waals surface area contributed by atoms with Crippen molar-refractivity contribution in [2.75, 3.05) is 6.54 Å². The van der Waals surface area contributed by atoms with Gasteiger partial charge < -0.3 is 5.73 Å². The van der Waals surface area contributed by atoms with Crippen molar-refractivity contribution in [3.63, 3.8) is 0 Å². The molecule has 0 aliphatic carbocycles. The number of aryl methyl sites for hydroxylation is 2. The first-order valence-electron chi connectivity index (χ1n) is 6.63. The number of hydrogen-bond acceptors (Lipinski definition) is 6. The quantitative estimate of drug-likeness (QED) is 0.788. The van der Waals surface area contributed by atoms with Gasteiger partial charge in [-0.1, -0.05) is 23.5 Å². The lowest BCUT2D eigenvalue weighted by Gasteiger charge is -2.03. The molecule has 0 aliphatic rings. The third-order valence-electron chi connectivity index (χ3n) is 3.37. The standard InChI is InChI=1S/C14H15N5OS/c1-8-3-4-10(7-9(8)2)12-13(20)19-14(17-16-12)21-11(18-19)5-6-15/h3-4,7H,5-6,15H2,1-2H3. The molecule has 2 aromatic heterocycles. The molecule has 0 radical (unpaired) electrons. The molecule has 7 heteroatoms. The first kappa shape index (κ1) is 13.8. The Balaban J connectivity index is 2.17. The molecule has 0 spiro atoms. The SMILES string of the molecule is Cc1ccc(-c2nnc3sc(CCN)nn3c2=O)cc1C. The molecule has 3 rings (SSSR count). The first-order valence-corrected chi connectivity index (χ1v) is 7.45. The zero-order valence-corrected chi connectivity index (χ0v) is 12.6. The predicted molar refractivity (Wildman–Crippen MR) is 82.6 cm³/mol. The van der Waals surface area contributed by atoms with Gasteiger partial charge in [0, 0.05) is 12.0 Å². The molecule has 0 amide bonds. The van der Waals surface area contributed by atoms with Gasteiger partial charge in [0.25, 0.3) is 0 Å². The number of aromatic nitrogens is 4. The average Bonchev–Trinajstić information content (AvgIpc) is 2.87. The van der Waals surface area contributed by atoms with Gasteiger partial charge in [0.15, 0.2) is 5.69 Å². The van der Waals surface area contributed by atoms with E-state index in [0.717, 1.165) is 16.1 Å². The average molecular weight is 301 g/mol. The Morgan fingerprint density at radius 1 is 1.24 bits per heavy atom. The summed E-state index contributed by atoms with van der Waals surface area (Å²) in [5.41, 5.74) is 8.63. The predicted octanol–water partition coefficient (Wildman–Crippen LogP) is 1.33. The summed E-state index contributed by atoms with van der Waals surface area (Å²) in [6, 6.07) is 5.80. The Hall–Kier alpha value is -2.12. The molecule has 2 heterocycles. The fourth-order valence-electron chi connectivity index (χ4n) is 2.05. The lowest BCUT2D eigenvalue weighted by Crippen LogP contribution is -2.19. The van der Waals surface area contributed by atoms with E-state index in [-0.39, 0.29) is 5.56 Å². The minimum atomic E-state index is -0.247. The summed E-state index contributed by atoms with van der Waals surface area (Å²) in [5, 5.41) is 13.2. The fourth-order valence-corrected chi connectivity index (χ4v) is 2.89. The number of nitrogens with two attached hydrogens (primary N) is 1. The highest BCUT2D eigenvalue weighted by Crippen LogP contribution is 2.18. The summed E-state index contributed by atoms with van der Waals surface area (Å²) < 4.78 is 1.31. The van der Waals surface area contributed by atoms with E-state index in [0.29, 0.717) is 23.6 Å². The molecule has 0 bridgehead atoms. The molecule has 6 nitrogen and oxygen atoms in total. The molecule has 1 aromatic carbocycles. The molecular formula is C14H15N5OS. The van der Waals surface area contributed by atoms with E-state index in [4.69, 9.17) is 5.73 Å². The van der Waals surface area contributed by atoms with Crippen molar-refractivity contribution >= 4 is 16.3 Å². The molecule has 0 saturated heterocycles. The highest BCUT2D eigenvalue weighted by atomic mass is 32.1. The second kappa shape index (κ2) is 5.34. The summed E-state index contributed by atoms with van der Waals surface area (Å²) >= 11 is 1.34. The van der Waals surface area contributed by atoms with Gasteiger partial charge in [-0.15, -0.1) is 10.2 Å². The van der Waals surface area contributed by atoms with E-state index in [1.807, 2.05) is 32.0 Å². The number of nitrogens with zero attached hydrogens (tertiary/aromatic N) is 4. The van der Waals surface area contributed by atoms with Crippen LogP contribution in [0, 0.1) is 13.8 Å². The molecule has 0 aliphatic heterocycles. The third-order valence-corrected chi connectivity index (χ3v) is 4.33. The van der Waals surface area contributed by atoms with Crippen LogP contribution >= 0.6 is 11.3 Å². The topological polar surface area (TPSA) is 86.2 Å². The van der Waals surface area contributed by atoms with Crippen LogP contribution in [0.3, 0.4) is 0 Å².